The first-order valence-electron chi connectivity index (χ1n) is 11.2. The molecule has 4 rings (SSSR count). The summed E-state index contributed by atoms with van der Waals surface area (Å²) in [4.78, 5) is 42.6. The van der Waals surface area contributed by atoms with Crippen LogP contribution < -0.4 is 5.32 Å². The number of pyridine rings is 1. The third-order valence-electron chi connectivity index (χ3n) is 5.65. The highest BCUT2D eigenvalue weighted by Crippen LogP contribution is 2.30. The molecule has 1 aromatic carbocycles. The van der Waals surface area contributed by atoms with E-state index in [2.05, 4.69) is 10.4 Å². The number of hydrogen-bond donors (Lipinski definition) is 1. The minimum Gasteiger partial charge on any atom is -0.466 e. The lowest BCUT2D eigenvalue weighted by Crippen LogP contribution is -2.15. The molecule has 0 fully saturated rings. The van der Waals surface area contributed by atoms with E-state index < -0.39 is 17.8 Å². The molecule has 0 spiro atoms. The number of nitrogens with zero attached hydrogens (tertiary/aromatic N) is 3. The van der Waals surface area contributed by atoms with Gasteiger partial charge >= 0.3 is 11.9 Å². The maximum atomic E-state index is 13.6. The van der Waals surface area contributed by atoms with Crippen molar-refractivity contribution in [2.75, 3.05) is 19.5 Å². The molecule has 0 aliphatic heterocycles. The van der Waals surface area contributed by atoms with Crippen molar-refractivity contribution < 1.29 is 28.3 Å². The van der Waals surface area contributed by atoms with Crippen LogP contribution in [0.5, 0.6) is 0 Å². The third kappa shape index (κ3) is 4.57. The van der Waals surface area contributed by atoms with Gasteiger partial charge in [0.05, 0.1) is 48.2 Å². The van der Waals surface area contributed by atoms with Gasteiger partial charge in [0.25, 0.3) is 5.91 Å². The van der Waals surface area contributed by atoms with Crippen LogP contribution in [-0.4, -0.2) is 46.8 Å². The molecule has 0 bridgehead atoms. The zero-order valence-electron chi connectivity index (χ0n) is 20.8. The van der Waals surface area contributed by atoms with Crippen LogP contribution in [-0.2, 0) is 9.47 Å². The van der Waals surface area contributed by atoms with Crippen LogP contribution in [0, 0.1) is 13.8 Å². The summed E-state index contributed by atoms with van der Waals surface area (Å²) in [5, 5.41) is 7.77. The van der Waals surface area contributed by atoms with Gasteiger partial charge in [-0.3, -0.25) is 4.79 Å². The first kappa shape index (κ1) is 24.6. The summed E-state index contributed by atoms with van der Waals surface area (Å²) in [6.45, 7) is 7.62. The summed E-state index contributed by atoms with van der Waals surface area (Å²) in [5.41, 5.74) is 2.60. The van der Waals surface area contributed by atoms with Gasteiger partial charge in [-0.2, -0.15) is 5.10 Å². The number of carbonyl (C=O) groups excluding carboxylic acids is 3. The van der Waals surface area contributed by atoms with Crippen molar-refractivity contribution in [3.8, 4) is 11.3 Å². The summed E-state index contributed by atoms with van der Waals surface area (Å²) in [7, 11) is 2.46. The topological polar surface area (TPSA) is 126 Å². The number of aromatic nitrogens is 3. The van der Waals surface area contributed by atoms with Crippen LogP contribution in [0.25, 0.3) is 22.3 Å². The largest absolute Gasteiger partial charge is 0.466 e. The molecular weight excluding hydrogens is 464 g/mol. The number of amides is 1. The number of aryl methyl sites for hydroxylation is 2. The predicted octanol–water partition coefficient (Wildman–Crippen LogP) is 4.71. The smallest absolute Gasteiger partial charge is 0.337 e. The maximum absolute atomic E-state index is 13.6. The molecule has 3 heterocycles. The lowest BCUT2D eigenvalue weighted by atomic mass is 10.1. The number of nitrogens with one attached hydrogen (secondary N) is 1. The fourth-order valence-corrected chi connectivity index (χ4v) is 3.98. The van der Waals surface area contributed by atoms with Gasteiger partial charge < -0.3 is 19.2 Å². The third-order valence-corrected chi connectivity index (χ3v) is 5.65. The summed E-state index contributed by atoms with van der Waals surface area (Å²) >= 11 is 0. The van der Waals surface area contributed by atoms with Gasteiger partial charge in [-0.15, -0.1) is 0 Å². The first-order valence-corrected chi connectivity index (χ1v) is 11.2. The molecule has 36 heavy (non-hydrogen) atoms. The molecule has 0 saturated carbocycles. The average Bonchev–Trinajstić information content (AvgIpc) is 3.44. The molecule has 0 unspecified atom stereocenters. The SMILES string of the molecule is COC(=O)c1cc(NC(=O)c2cc(-c3cc(C)oc3C)nc3c2cnn3C(C)C)cc(C(=O)OC)c1. The lowest BCUT2D eigenvalue weighted by Gasteiger charge is -2.12. The van der Waals surface area contributed by atoms with E-state index in [1.54, 1.807) is 16.9 Å². The van der Waals surface area contributed by atoms with E-state index in [1.807, 2.05) is 33.8 Å². The number of anilines is 1. The van der Waals surface area contributed by atoms with Gasteiger partial charge in [0.2, 0.25) is 0 Å². The van der Waals surface area contributed by atoms with Crippen LogP contribution in [0.3, 0.4) is 0 Å². The second kappa shape index (κ2) is 9.65. The molecule has 4 aromatic rings. The highest BCUT2D eigenvalue weighted by atomic mass is 16.5. The van der Waals surface area contributed by atoms with E-state index in [9.17, 15) is 14.4 Å². The Hall–Kier alpha value is -4.47. The Kier molecular flexibility index (Phi) is 6.61. The van der Waals surface area contributed by atoms with Crippen molar-refractivity contribution in [3.63, 3.8) is 0 Å². The van der Waals surface area contributed by atoms with Crippen LogP contribution in [0.1, 0.15) is 62.5 Å². The van der Waals surface area contributed by atoms with E-state index in [4.69, 9.17) is 18.9 Å². The van der Waals surface area contributed by atoms with Crippen LogP contribution >= 0.6 is 0 Å². The zero-order chi connectivity index (χ0) is 26.1. The number of ether oxygens (including phenoxy) is 2. The zero-order valence-corrected chi connectivity index (χ0v) is 20.8. The Morgan fingerprint density at radius 3 is 2.14 bits per heavy atom. The number of methoxy groups -OCH3 is 2. The summed E-state index contributed by atoms with van der Waals surface area (Å²) < 4.78 is 17.0. The second-order valence-electron chi connectivity index (χ2n) is 8.54. The minimum atomic E-state index is -0.658. The monoisotopic (exact) mass is 490 g/mol. The summed E-state index contributed by atoms with van der Waals surface area (Å²) in [6, 6.07) is 7.74. The molecule has 1 N–H and O–H groups in total. The van der Waals surface area contributed by atoms with E-state index in [0.29, 0.717) is 28.1 Å². The maximum Gasteiger partial charge on any atom is 0.337 e. The quantitative estimate of drug-likeness (QED) is 0.385. The number of benzene rings is 1. The number of fused-ring (bicyclic) bond motifs is 1. The molecule has 0 aliphatic rings. The van der Waals surface area contributed by atoms with Gasteiger partial charge in [0.15, 0.2) is 5.65 Å². The predicted molar refractivity (Wildman–Crippen MR) is 132 cm³/mol. The lowest BCUT2D eigenvalue weighted by molar-refractivity contribution is 0.0599. The summed E-state index contributed by atoms with van der Waals surface area (Å²) in [6.07, 6.45) is 1.60. The Balaban J connectivity index is 1.84. The standard InChI is InChI=1S/C26H26N4O6/c1-13(2)30-23-21(12-27-30)20(11-22(29-23)19-7-14(3)36-15(19)4)24(31)28-18-9-16(25(32)34-5)8-17(10-18)26(33)35-6/h7-13H,1-6H3,(H,28,31). The fraction of sp³-hybridized carbons (Fsp3) is 0.269. The van der Waals surface area contributed by atoms with Gasteiger partial charge in [-0.1, -0.05) is 0 Å². The number of hydrogen-bond acceptors (Lipinski definition) is 8. The molecule has 186 valence electrons. The highest BCUT2D eigenvalue weighted by Gasteiger charge is 2.22. The molecule has 0 saturated heterocycles. The molecule has 0 radical (unpaired) electrons. The van der Waals surface area contributed by atoms with Crippen molar-refractivity contribution >= 4 is 34.6 Å². The van der Waals surface area contributed by atoms with E-state index in [1.165, 1.54) is 32.4 Å². The van der Waals surface area contributed by atoms with Crippen molar-refractivity contribution in [3.05, 3.63) is 64.7 Å². The number of esters is 2. The van der Waals surface area contributed by atoms with E-state index >= 15 is 0 Å². The highest BCUT2D eigenvalue weighted by molar-refractivity contribution is 6.13. The minimum absolute atomic E-state index is 0.00713. The van der Waals surface area contributed by atoms with Crippen molar-refractivity contribution in [1.82, 2.24) is 14.8 Å². The molecule has 1 amide bonds. The van der Waals surface area contributed by atoms with Gasteiger partial charge in [0.1, 0.15) is 11.5 Å². The van der Waals surface area contributed by atoms with Crippen molar-refractivity contribution in [2.45, 2.75) is 33.7 Å². The Morgan fingerprint density at radius 1 is 0.972 bits per heavy atom. The normalized spacial score (nSPS) is 11.1. The first-order chi connectivity index (χ1) is 17.1. The van der Waals surface area contributed by atoms with Crippen LogP contribution in [0.4, 0.5) is 5.69 Å². The van der Waals surface area contributed by atoms with Crippen molar-refractivity contribution in [1.29, 1.82) is 0 Å². The number of furan rings is 1. The molecular formula is C26H26N4O6. The van der Waals surface area contributed by atoms with Gasteiger partial charge in [-0.25, -0.2) is 19.3 Å². The molecule has 3 aromatic heterocycles. The van der Waals surface area contributed by atoms with Crippen LogP contribution in [0.15, 0.2) is 40.9 Å². The molecule has 10 heteroatoms. The van der Waals surface area contributed by atoms with Crippen molar-refractivity contribution in [2.24, 2.45) is 0 Å². The average molecular weight is 491 g/mol. The summed E-state index contributed by atoms with van der Waals surface area (Å²) in [5.74, 6) is -0.386. The molecule has 10 nitrogen and oxygen atoms in total. The Bertz CT molecular complexity index is 1460. The van der Waals surface area contributed by atoms with Crippen LogP contribution in [0.2, 0.25) is 0 Å². The Morgan fingerprint density at radius 2 is 1.61 bits per heavy atom. The number of rotatable bonds is 6. The van der Waals surface area contributed by atoms with E-state index in [0.717, 1.165) is 11.3 Å². The van der Waals surface area contributed by atoms with E-state index in [-0.39, 0.29) is 22.9 Å². The molecule has 0 atom stereocenters. The molecule has 0 aliphatic carbocycles. The number of carbonyl (C=O) groups is 3. The Labute approximate surface area is 207 Å². The fourth-order valence-electron chi connectivity index (χ4n) is 3.98. The van der Waals surface area contributed by atoms with Gasteiger partial charge in [-0.05, 0) is 58.0 Å². The van der Waals surface area contributed by atoms with Gasteiger partial charge in [0, 0.05) is 17.3 Å². The second-order valence-corrected chi connectivity index (χ2v) is 8.54.